The van der Waals surface area contributed by atoms with Gasteiger partial charge in [-0.2, -0.15) is 0 Å². The molecular formula is C19H26N2O3S2. The summed E-state index contributed by atoms with van der Waals surface area (Å²) in [6.45, 7) is 9.61. The summed E-state index contributed by atoms with van der Waals surface area (Å²) in [4.78, 5) is 11.9. The molecule has 1 aromatic carbocycles. The summed E-state index contributed by atoms with van der Waals surface area (Å²) in [6, 6.07) is 9.12. The molecule has 0 atom stereocenters. The lowest BCUT2D eigenvalue weighted by Gasteiger charge is -2.29. The van der Waals surface area contributed by atoms with Gasteiger partial charge in [-0.3, -0.25) is 9.10 Å². The van der Waals surface area contributed by atoms with Gasteiger partial charge in [-0.25, -0.2) is 8.42 Å². The van der Waals surface area contributed by atoms with Crippen molar-refractivity contribution in [3.63, 3.8) is 0 Å². The molecule has 7 heteroatoms. The number of carbonyl (C=O) groups excluding carboxylic acids is 1. The van der Waals surface area contributed by atoms with Gasteiger partial charge in [0.15, 0.2) is 0 Å². The molecule has 0 spiro atoms. The van der Waals surface area contributed by atoms with E-state index in [0.717, 1.165) is 16.0 Å². The number of sulfonamides is 1. The number of anilines is 1. The SMILES string of the molecule is CC(=O)NCCc1ccc(S(=O)(=O)N(c2cc(C)ccc2C)C(C)C)s1. The highest BCUT2D eigenvalue weighted by molar-refractivity contribution is 7.94. The second-order valence-electron chi connectivity index (χ2n) is 6.64. The van der Waals surface area contributed by atoms with E-state index in [4.69, 9.17) is 0 Å². The van der Waals surface area contributed by atoms with Crippen LogP contribution in [-0.2, 0) is 21.2 Å². The molecule has 0 bridgehead atoms. The number of hydrogen-bond donors (Lipinski definition) is 1. The predicted molar refractivity (Wildman–Crippen MR) is 107 cm³/mol. The van der Waals surface area contributed by atoms with Gasteiger partial charge in [-0.1, -0.05) is 12.1 Å². The number of rotatable bonds is 7. The highest BCUT2D eigenvalue weighted by Crippen LogP contribution is 2.32. The molecule has 2 aromatic rings. The van der Waals surface area contributed by atoms with Crippen molar-refractivity contribution in [2.75, 3.05) is 10.8 Å². The lowest BCUT2D eigenvalue weighted by molar-refractivity contribution is -0.118. The van der Waals surface area contributed by atoms with Crippen molar-refractivity contribution in [2.24, 2.45) is 0 Å². The molecule has 0 aliphatic carbocycles. The maximum Gasteiger partial charge on any atom is 0.274 e. The van der Waals surface area contributed by atoms with Crippen molar-refractivity contribution in [1.82, 2.24) is 5.32 Å². The first-order valence-corrected chi connectivity index (χ1v) is 10.8. The Morgan fingerprint density at radius 3 is 2.50 bits per heavy atom. The van der Waals surface area contributed by atoms with E-state index in [-0.39, 0.29) is 11.9 Å². The first-order chi connectivity index (χ1) is 12.1. The molecule has 0 fully saturated rings. The average molecular weight is 395 g/mol. The number of hydrogen-bond acceptors (Lipinski definition) is 4. The molecule has 0 unspecified atom stereocenters. The normalized spacial score (nSPS) is 11.6. The summed E-state index contributed by atoms with van der Waals surface area (Å²) in [5, 5.41) is 2.73. The second-order valence-corrected chi connectivity index (χ2v) is 9.85. The van der Waals surface area contributed by atoms with Crippen LogP contribution in [0.5, 0.6) is 0 Å². The van der Waals surface area contributed by atoms with Gasteiger partial charge in [0.25, 0.3) is 10.0 Å². The van der Waals surface area contributed by atoms with Crippen LogP contribution in [0.1, 0.15) is 36.8 Å². The van der Waals surface area contributed by atoms with Crippen LogP contribution in [0.2, 0.25) is 0 Å². The summed E-state index contributed by atoms with van der Waals surface area (Å²) in [7, 11) is -3.65. The first-order valence-electron chi connectivity index (χ1n) is 8.57. The predicted octanol–water partition coefficient (Wildman–Crippen LogP) is 3.65. The fourth-order valence-corrected chi connectivity index (χ4v) is 5.89. The molecular weight excluding hydrogens is 368 g/mol. The van der Waals surface area contributed by atoms with E-state index < -0.39 is 10.0 Å². The molecule has 1 aromatic heterocycles. The zero-order chi connectivity index (χ0) is 19.5. The summed E-state index contributed by atoms with van der Waals surface area (Å²) in [5.74, 6) is -0.0877. The van der Waals surface area contributed by atoms with Gasteiger partial charge in [-0.15, -0.1) is 11.3 Å². The summed E-state index contributed by atoms with van der Waals surface area (Å²) < 4.78 is 28.4. The first kappa shape index (κ1) is 20.5. The Balaban J connectivity index is 2.35. The van der Waals surface area contributed by atoms with Crippen molar-refractivity contribution in [1.29, 1.82) is 0 Å². The van der Waals surface area contributed by atoms with Crippen LogP contribution >= 0.6 is 11.3 Å². The Kier molecular flexibility index (Phi) is 6.47. The number of nitrogens with one attached hydrogen (secondary N) is 1. The maximum atomic E-state index is 13.3. The van der Waals surface area contributed by atoms with Crippen LogP contribution in [-0.4, -0.2) is 26.9 Å². The van der Waals surface area contributed by atoms with Crippen LogP contribution in [0.3, 0.4) is 0 Å². The van der Waals surface area contributed by atoms with E-state index in [1.54, 1.807) is 6.07 Å². The van der Waals surface area contributed by atoms with Crippen molar-refractivity contribution < 1.29 is 13.2 Å². The van der Waals surface area contributed by atoms with Crippen molar-refractivity contribution >= 4 is 33.0 Å². The van der Waals surface area contributed by atoms with E-state index in [0.29, 0.717) is 22.9 Å². The van der Waals surface area contributed by atoms with Gasteiger partial charge < -0.3 is 5.32 Å². The number of nitrogens with zero attached hydrogens (tertiary/aromatic N) is 1. The van der Waals surface area contributed by atoms with Gasteiger partial charge >= 0.3 is 0 Å². The van der Waals surface area contributed by atoms with E-state index >= 15 is 0 Å². The van der Waals surface area contributed by atoms with Crippen LogP contribution in [0, 0.1) is 13.8 Å². The van der Waals surface area contributed by atoms with Gasteiger partial charge in [0.1, 0.15) is 4.21 Å². The molecule has 0 saturated heterocycles. The Labute approximate surface area is 160 Å². The van der Waals surface area contributed by atoms with Gasteiger partial charge in [-0.05, 0) is 63.4 Å². The Morgan fingerprint density at radius 2 is 1.88 bits per heavy atom. The second kappa shape index (κ2) is 8.22. The standard InChI is InChI=1S/C19H26N2O3S2/c1-13(2)21(18-12-14(3)6-7-15(18)4)26(23,24)19-9-8-17(25-19)10-11-20-16(5)22/h6-9,12-13H,10-11H2,1-5H3,(H,20,22). The van der Waals surface area contributed by atoms with Crippen LogP contribution < -0.4 is 9.62 Å². The minimum atomic E-state index is -3.65. The summed E-state index contributed by atoms with van der Waals surface area (Å²) in [5.41, 5.74) is 2.66. The van der Waals surface area contributed by atoms with E-state index in [9.17, 15) is 13.2 Å². The lowest BCUT2D eigenvalue weighted by Crippen LogP contribution is -2.37. The zero-order valence-corrected chi connectivity index (χ0v) is 17.5. The van der Waals surface area contributed by atoms with Crippen LogP contribution in [0.15, 0.2) is 34.5 Å². The van der Waals surface area contributed by atoms with E-state index in [1.807, 2.05) is 52.0 Å². The van der Waals surface area contributed by atoms with Crippen LogP contribution in [0.25, 0.3) is 0 Å². The van der Waals surface area contributed by atoms with Gasteiger partial charge in [0.2, 0.25) is 5.91 Å². The topological polar surface area (TPSA) is 66.5 Å². The van der Waals surface area contributed by atoms with E-state index in [1.165, 1.54) is 22.6 Å². The number of amides is 1. The quantitative estimate of drug-likeness (QED) is 0.779. The molecule has 1 amide bonds. The Morgan fingerprint density at radius 1 is 1.19 bits per heavy atom. The number of thiophene rings is 1. The minimum absolute atomic E-state index is 0.0877. The number of benzene rings is 1. The molecule has 1 heterocycles. The highest BCUT2D eigenvalue weighted by atomic mass is 32.2. The average Bonchev–Trinajstić information content (AvgIpc) is 2.99. The molecule has 142 valence electrons. The van der Waals surface area contributed by atoms with Crippen molar-refractivity contribution in [3.05, 3.63) is 46.3 Å². The lowest BCUT2D eigenvalue weighted by atomic mass is 10.1. The minimum Gasteiger partial charge on any atom is -0.356 e. The molecule has 26 heavy (non-hydrogen) atoms. The largest absolute Gasteiger partial charge is 0.356 e. The fourth-order valence-electron chi connectivity index (χ4n) is 2.73. The third-order valence-electron chi connectivity index (χ3n) is 3.97. The molecule has 0 aliphatic rings. The molecule has 0 saturated carbocycles. The van der Waals surface area contributed by atoms with Crippen LogP contribution in [0.4, 0.5) is 5.69 Å². The maximum absolute atomic E-state index is 13.3. The van der Waals surface area contributed by atoms with Crippen molar-refractivity contribution in [3.8, 4) is 0 Å². The molecule has 1 N–H and O–H groups in total. The third-order valence-corrected chi connectivity index (χ3v) is 7.57. The molecule has 2 rings (SSSR count). The zero-order valence-electron chi connectivity index (χ0n) is 15.9. The van der Waals surface area contributed by atoms with E-state index in [2.05, 4.69) is 5.32 Å². The molecule has 5 nitrogen and oxygen atoms in total. The highest BCUT2D eigenvalue weighted by Gasteiger charge is 2.30. The summed E-state index contributed by atoms with van der Waals surface area (Å²) >= 11 is 1.26. The van der Waals surface area contributed by atoms with Gasteiger partial charge in [0.05, 0.1) is 5.69 Å². The third kappa shape index (κ3) is 4.65. The Bertz CT molecular complexity index is 886. The number of carbonyl (C=O) groups is 1. The summed E-state index contributed by atoms with van der Waals surface area (Å²) in [6.07, 6.45) is 0.616. The van der Waals surface area contributed by atoms with Gasteiger partial charge in [0, 0.05) is 24.4 Å². The fraction of sp³-hybridized carbons (Fsp3) is 0.421. The monoisotopic (exact) mass is 394 g/mol. The molecule has 0 aliphatic heterocycles. The molecule has 0 radical (unpaired) electrons. The number of aryl methyl sites for hydroxylation is 2. The smallest absolute Gasteiger partial charge is 0.274 e. The van der Waals surface area contributed by atoms with Crippen molar-refractivity contribution in [2.45, 2.75) is 51.3 Å². The Hall–Kier alpha value is -1.86.